The lowest BCUT2D eigenvalue weighted by Gasteiger charge is -2.14. The number of carbonyl (C=O) groups is 1. The maximum absolute atomic E-state index is 11.8. The van der Waals surface area contributed by atoms with Gasteiger partial charge in [0.25, 0.3) is 0 Å². The van der Waals surface area contributed by atoms with Crippen LogP contribution in [0.15, 0.2) is 72.9 Å². The van der Waals surface area contributed by atoms with Crippen LogP contribution in [-0.2, 0) is 4.79 Å². The van der Waals surface area contributed by atoms with Gasteiger partial charge in [-0.05, 0) is 70.9 Å². The number of amides is 1. The molecule has 0 aromatic heterocycles. The molecular weight excluding hydrogens is 380 g/mol. The lowest BCUT2D eigenvalue weighted by Crippen LogP contribution is -2.33. The van der Waals surface area contributed by atoms with E-state index in [1.807, 2.05) is 0 Å². The molecule has 1 N–H and O–H groups in total. The summed E-state index contributed by atoms with van der Waals surface area (Å²) in [6.45, 7) is 6.31. The maximum atomic E-state index is 11.8. The van der Waals surface area contributed by atoms with Crippen LogP contribution >= 0.6 is 0 Å². The smallest absolute Gasteiger partial charge is 0.220 e. The van der Waals surface area contributed by atoms with Crippen molar-refractivity contribution in [1.29, 1.82) is 0 Å². The van der Waals surface area contributed by atoms with E-state index >= 15 is 0 Å². The Labute approximate surface area is 191 Å². The fraction of sp³-hybridized carbons (Fsp3) is 0.536. The zero-order valence-corrected chi connectivity index (χ0v) is 19.7. The Bertz CT molecular complexity index is 605. The number of carbonyl (C=O) groups excluding carboxylic acids is 1. The standard InChI is InChI=1S/C28H44N2O/c1-2-3-4-5-6-7-8-9-10-11-12-13-14-15-16-17-18-19-20-23-28(31)29-24-27-30-25-21-22-26-30/h3-4,6-7,9-10,12-13,15-16,18-19H,2,5,8,11,14,17,20-27H2,1H3,(H,29,31)/b4-3+,7-6+,10-9+,13-12+,16-15+,19-18+. The summed E-state index contributed by atoms with van der Waals surface area (Å²) in [6, 6.07) is 0. The summed E-state index contributed by atoms with van der Waals surface area (Å²) >= 11 is 0. The Morgan fingerprint density at radius 3 is 1.65 bits per heavy atom. The molecule has 3 heteroatoms. The summed E-state index contributed by atoms with van der Waals surface area (Å²) in [4.78, 5) is 14.2. The summed E-state index contributed by atoms with van der Waals surface area (Å²) < 4.78 is 0. The fourth-order valence-corrected chi connectivity index (χ4v) is 3.30. The van der Waals surface area contributed by atoms with Crippen molar-refractivity contribution >= 4 is 5.91 Å². The molecule has 0 saturated carbocycles. The summed E-state index contributed by atoms with van der Waals surface area (Å²) in [7, 11) is 0. The minimum atomic E-state index is 0.165. The quantitative estimate of drug-likeness (QED) is 0.264. The Kier molecular flexibility index (Phi) is 18.3. The Morgan fingerprint density at radius 1 is 0.710 bits per heavy atom. The highest BCUT2D eigenvalue weighted by molar-refractivity contribution is 5.75. The number of nitrogens with zero attached hydrogens (tertiary/aromatic N) is 1. The Hall–Kier alpha value is -2.13. The van der Waals surface area contributed by atoms with E-state index in [0.29, 0.717) is 6.42 Å². The van der Waals surface area contributed by atoms with Crippen LogP contribution in [0.2, 0.25) is 0 Å². The van der Waals surface area contributed by atoms with Crippen molar-refractivity contribution in [2.24, 2.45) is 0 Å². The number of rotatable bonds is 17. The molecule has 0 bridgehead atoms. The first-order valence-corrected chi connectivity index (χ1v) is 12.2. The molecule has 1 saturated heterocycles. The van der Waals surface area contributed by atoms with Gasteiger partial charge in [-0.3, -0.25) is 4.79 Å². The fourth-order valence-electron chi connectivity index (χ4n) is 3.30. The number of likely N-dealkylation sites (tertiary alicyclic amines) is 1. The van der Waals surface area contributed by atoms with Crippen molar-refractivity contribution in [3.05, 3.63) is 72.9 Å². The molecule has 0 aliphatic carbocycles. The first kappa shape index (κ1) is 26.9. The van der Waals surface area contributed by atoms with E-state index in [2.05, 4.69) is 90.1 Å². The largest absolute Gasteiger partial charge is 0.355 e. The van der Waals surface area contributed by atoms with Crippen LogP contribution in [0.1, 0.15) is 71.1 Å². The molecule has 0 unspecified atom stereocenters. The van der Waals surface area contributed by atoms with Gasteiger partial charge in [-0.2, -0.15) is 0 Å². The molecule has 0 atom stereocenters. The second-order valence-corrected chi connectivity index (χ2v) is 7.85. The molecule has 0 spiro atoms. The zero-order valence-electron chi connectivity index (χ0n) is 19.7. The van der Waals surface area contributed by atoms with Gasteiger partial charge in [0.2, 0.25) is 5.91 Å². The van der Waals surface area contributed by atoms with Crippen LogP contribution in [0.25, 0.3) is 0 Å². The Balaban J connectivity index is 1.91. The number of nitrogens with one attached hydrogen (secondary N) is 1. The maximum Gasteiger partial charge on any atom is 0.220 e. The topological polar surface area (TPSA) is 32.3 Å². The lowest BCUT2D eigenvalue weighted by molar-refractivity contribution is -0.121. The van der Waals surface area contributed by atoms with E-state index in [1.54, 1.807) is 0 Å². The summed E-state index contributed by atoms with van der Waals surface area (Å²) in [5.41, 5.74) is 0. The average Bonchev–Trinajstić information content (AvgIpc) is 3.29. The van der Waals surface area contributed by atoms with E-state index in [-0.39, 0.29) is 5.91 Å². The first-order chi connectivity index (χ1) is 15.3. The van der Waals surface area contributed by atoms with Crippen molar-refractivity contribution in [3.63, 3.8) is 0 Å². The molecule has 1 aliphatic heterocycles. The number of hydrogen-bond donors (Lipinski definition) is 1. The molecule has 3 nitrogen and oxygen atoms in total. The molecule has 1 heterocycles. The van der Waals surface area contributed by atoms with Crippen LogP contribution < -0.4 is 5.32 Å². The predicted molar refractivity (Wildman–Crippen MR) is 136 cm³/mol. The highest BCUT2D eigenvalue weighted by Crippen LogP contribution is 2.05. The van der Waals surface area contributed by atoms with Gasteiger partial charge in [0.15, 0.2) is 0 Å². The zero-order chi connectivity index (χ0) is 22.2. The SMILES string of the molecule is CC/C=C/C/C=C/C/C=C/C/C=C/C/C=C/C/C=C/CCC(=O)NCCN1CCCC1. The van der Waals surface area contributed by atoms with E-state index in [1.165, 1.54) is 25.9 Å². The molecule has 1 aliphatic rings. The van der Waals surface area contributed by atoms with Crippen LogP contribution in [-0.4, -0.2) is 37.0 Å². The van der Waals surface area contributed by atoms with E-state index in [9.17, 15) is 4.79 Å². The third-order valence-electron chi connectivity index (χ3n) is 5.08. The average molecular weight is 425 g/mol. The lowest BCUT2D eigenvalue weighted by atomic mass is 10.2. The van der Waals surface area contributed by atoms with Gasteiger partial charge >= 0.3 is 0 Å². The summed E-state index contributed by atoms with van der Waals surface area (Å²) in [5, 5.41) is 3.02. The Morgan fingerprint density at radius 2 is 1.16 bits per heavy atom. The van der Waals surface area contributed by atoms with Crippen molar-refractivity contribution in [2.75, 3.05) is 26.2 Å². The van der Waals surface area contributed by atoms with Crippen LogP contribution in [0.5, 0.6) is 0 Å². The molecule has 0 radical (unpaired) electrons. The van der Waals surface area contributed by atoms with E-state index < -0.39 is 0 Å². The molecule has 1 rings (SSSR count). The van der Waals surface area contributed by atoms with E-state index in [4.69, 9.17) is 0 Å². The normalized spacial score (nSPS) is 15.9. The van der Waals surface area contributed by atoms with Crippen molar-refractivity contribution < 1.29 is 4.79 Å². The molecule has 172 valence electrons. The second kappa shape index (κ2) is 21.1. The molecule has 0 aromatic carbocycles. The summed E-state index contributed by atoms with van der Waals surface area (Å²) in [5.74, 6) is 0.165. The molecule has 0 aromatic rings. The van der Waals surface area contributed by atoms with Crippen LogP contribution in [0.4, 0.5) is 0 Å². The van der Waals surface area contributed by atoms with Crippen LogP contribution in [0.3, 0.4) is 0 Å². The third kappa shape index (κ3) is 18.4. The highest BCUT2D eigenvalue weighted by atomic mass is 16.1. The summed E-state index contributed by atoms with van der Waals surface area (Å²) in [6.07, 6.45) is 36.4. The second-order valence-electron chi connectivity index (χ2n) is 7.85. The van der Waals surface area contributed by atoms with Crippen molar-refractivity contribution in [2.45, 2.75) is 71.1 Å². The van der Waals surface area contributed by atoms with Gasteiger partial charge in [-0.25, -0.2) is 0 Å². The van der Waals surface area contributed by atoms with Crippen molar-refractivity contribution in [3.8, 4) is 0 Å². The molecule has 1 amide bonds. The predicted octanol–water partition coefficient (Wildman–Crippen LogP) is 6.68. The van der Waals surface area contributed by atoms with Crippen molar-refractivity contribution in [1.82, 2.24) is 10.2 Å². The number of allylic oxidation sites excluding steroid dienone is 12. The van der Waals surface area contributed by atoms with Gasteiger partial charge in [0.1, 0.15) is 0 Å². The van der Waals surface area contributed by atoms with Gasteiger partial charge < -0.3 is 10.2 Å². The van der Waals surface area contributed by atoms with Gasteiger partial charge in [-0.1, -0.05) is 79.8 Å². The number of hydrogen-bond acceptors (Lipinski definition) is 2. The van der Waals surface area contributed by atoms with E-state index in [0.717, 1.165) is 58.0 Å². The first-order valence-electron chi connectivity index (χ1n) is 12.2. The molecular formula is C28H44N2O. The van der Waals surface area contributed by atoms with Gasteiger partial charge in [0.05, 0.1) is 0 Å². The van der Waals surface area contributed by atoms with Crippen LogP contribution in [0, 0.1) is 0 Å². The molecule has 1 fully saturated rings. The minimum absolute atomic E-state index is 0.165. The molecule has 31 heavy (non-hydrogen) atoms. The highest BCUT2D eigenvalue weighted by Gasteiger charge is 2.10. The minimum Gasteiger partial charge on any atom is -0.355 e. The third-order valence-corrected chi connectivity index (χ3v) is 5.08. The van der Waals surface area contributed by atoms with Gasteiger partial charge in [-0.15, -0.1) is 0 Å². The van der Waals surface area contributed by atoms with Gasteiger partial charge in [0, 0.05) is 19.5 Å². The monoisotopic (exact) mass is 424 g/mol.